The average Bonchev–Trinajstić information content (AvgIpc) is 3.71. The van der Waals surface area contributed by atoms with E-state index in [1.165, 1.54) is 12.1 Å². The van der Waals surface area contributed by atoms with Gasteiger partial charge < -0.3 is 28.9 Å². The lowest BCUT2D eigenvalue weighted by Crippen LogP contribution is -2.49. The molecule has 3 aromatic rings. The van der Waals surface area contributed by atoms with Gasteiger partial charge in [-0.05, 0) is 75.6 Å². The maximum atomic E-state index is 13.1. The van der Waals surface area contributed by atoms with E-state index in [1.807, 2.05) is 6.07 Å². The summed E-state index contributed by atoms with van der Waals surface area (Å²) >= 11 is 0. The number of aliphatic hydroxyl groups excluding tert-OH is 1. The Hall–Kier alpha value is -3.08. The Morgan fingerprint density at radius 1 is 0.975 bits per heavy atom. The van der Waals surface area contributed by atoms with Crippen LogP contribution < -0.4 is 9.47 Å². The van der Waals surface area contributed by atoms with E-state index in [0.29, 0.717) is 34.9 Å². The highest BCUT2D eigenvalue weighted by Gasteiger charge is 2.50. The Balaban J connectivity index is 1.14. The fraction of sp³-hybridized carbons (Fsp3) is 0.500. The summed E-state index contributed by atoms with van der Waals surface area (Å²) in [6.45, 7) is 0.760. The molecule has 0 radical (unpaired) electrons. The van der Waals surface area contributed by atoms with Crippen LogP contribution >= 0.6 is 0 Å². The molecule has 2 N–H and O–H groups in total. The minimum atomic E-state index is -4.82. The van der Waals surface area contributed by atoms with E-state index in [4.69, 9.17) is 14.0 Å². The van der Waals surface area contributed by atoms with E-state index in [0.717, 1.165) is 51.4 Å². The van der Waals surface area contributed by atoms with Crippen LogP contribution in [0.25, 0.3) is 11.3 Å². The van der Waals surface area contributed by atoms with Crippen LogP contribution in [0.3, 0.4) is 0 Å². The Kier molecular flexibility index (Phi) is 7.04. The first kappa shape index (κ1) is 27.1. The number of fused-ring (bicyclic) bond motifs is 3. The number of halogens is 3. The first-order valence-corrected chi connectivity index (χ1v) is 13.7. The van der Waals surface area contributed by atoms with Gasteiger partial charge in [0.1, 0.15) is 23.0 Å². The molecule has 0 amide bonds. The molecule has 0 unspecified atom stereocenters. The van der Waals surface area contributed by atoms with Crippen LogP contribution in [-0.4, -0.2) is 33.9 Å². The van der Waals surface area contributed by atoms with Crippen molar-refractivity contribution in [1.82, 2.24) is 5.16 Å². The number of alkyl halides is 3. The molecule has 4 aliphatic rings. The molecule has 2 bridgehead atoms. The van der Waals surface area contributed by atoms with Crippen molar-refractivity contribution in [3.05, 3.63) is 65.4 Å². The monoisotopic (exact) mass is 559 g/mol. The van der Waals surface area contributed by atoms with Crippen molar-refractivity contribution in [2.75, 3.05) is 6.61 Å². The number of aliphatic hydroxyl groups is 2. The molecule has 40 heavy (non-hydrogen) atoms. The van der Waals surface area contributed by atoms with Crippen molar-refractivity contribution < 1.29 is 42.1 Å². The highest BCUT2D eigenvalue weighted by molar-refractivity contribution is 5.70. The fourth-order valence-electron chi connectivity index (χ4n) is 6.10. The van der Waals surface area contributed by atoms with Gasteiger partial charge in [-0.25, -0.2) is 0 Å². The Bertz CT molecular complexity index is 1320. The van der Waals surface area contributed by atoms with Gasteiger partial charge in [0.05, 0.1) is 18.8 Å². The van der Waals surface area contributed by atoms with Crippen LogP contribution in [0.15, 0.2) is 53.1 Å². The summed E-state index contributed by atoms with van der Waals surface area (Å²) < 4.78 is 61.9. The molecule has 0 saturated heterocycles. The SMILES string of the molecule is OC(O)c1cccc(OCC23CCC(OCc4c(-c5ccccc5OC(F)(F)F)noc4C4CC4)(CC2)CC3)c1. The highest BCUT2D eigenvalue weighted by Crippen LogP contribution is 2.55. The van der Waals surface area contributed by atoms with E-state index in [-0.39, 0.29) is 34.9 Å². The van der Waals surface area contributed by atoms with Gasteiger partial charge in [-0.3, -0.25) is 0 Å². The molecule has 4 aliphatic carbocycles. The van der Waals surface area contributed by atoms with Crippen LogP contribution in [0.1, 0.15) is 80.5 Å². The van der Waals surface area contributed by atoms with Crippen molar-refractivity contribution in [3.8, 4) is 22.8 Å². The molecule has 10 heteroatoms. The zero-order chi connectivity index (χ0) is 28.0. The Morgan fingerprint density at radius 2 is 1.70 bits per heavy atom. The summed E-state index contributed by atoms with van der Waals surface area (Å²) in [4.78, 5) is 0. The molecule has 0 spiro atoms. The van der Waals surface area contributed by atoms with Crippen molar-refractivity contribution >= 4 is 0 Å². The number of para-hydroxylation sites is 1. The lowest BCUT2D eigenvalue weighted by molar-refractivity contribution is -0.274. The third-order valence-corrected chi connectivity index (χ3v) is 8.69. The molecular weight excluding hydrogens is 527 g/mol. The van der Waals surface area contributed by atoms with Crippen LogP contribution in [0.2, 0.25) is 0 Å². The molecule has 2 aromatic carbocycles. The van der Waals surface area contributed by atoms with Gasteiger partial charge in [0.2, 0.25) is 0 Å². The van der Waals surface area contributed by atoms with Crippen LogP contribution in [-0.2, 0) is 11.3 Å². The van der Waals surface area contributed by atoms with Gasteiger partial charge in [-0.15, -0.1) is 13.2 Å². The van der Waals surface area contributed by atoms with Gasteiger partial charge in [0.15, 0.2) is 6.29 Å². The number of aromatic nitrogens is 1. The molecule has 214 valence electrons. The summed E-state index contributed by atoms with van der Waals surface area (Å²) in [7, 11) is 0. The molecule has 1 heterocycles. The van der Waals surface area contributed by atoms with E-state index in [9.17, 15) is 23.4 Å². The second kappa shape index (κ2) is 10.4. The quantitative estimate of drug-likeness (QED) is 0.264. The summed E-state index contributed by atoms with van der Waals surface area (Å²) in [6, 6.07) is 12.8. The fourth-order valence-corrected chi connectivity index (χ4v) is 6.10. The van der Waals surface area contributed by atoms with Crippen molar-refractivity contribution in [2.24, 2.45) is 5.41 Å². The topological polar surface area (TPSA) is 94.2 Å². The molecule has 7 nitrogen and oxygen atoms in total. The van der Waals surface area contributed by atoms with Gasteiger partial charge in [0.25, 0.3) is 0 Å². The normalized spacial score (nSPS) is 24.4. The summed E-state index contributed by atoms with van der Waals surface area (Å²) in [5.74, 6) is 1.20. The first-order valence-electron chi connectivity index (χ1n) is 13.7. The molecule has 4 saturated carbocycles. The molecule has 7 rings (SSSR count). The first-order chi connectivity index (χ1) is 19.1. The number of hydrogen-bond donors (Lipinski definition) is 2. The minimum absolute atomic E-state index is 0.0361. The van der Waals surface area contributed by atoms with Gasteiger partial charge in [-0.1, -0.05) is 29.4 Å². The number of ether oxygens (including phenoxy) is 3. The van der Waals surface area contributed by atoms with Gasteiger partial charge >= 0.3 is 6.36 Å². The molecule has 1 aromatic heterocycles. The smallest absolute Gasteiger partial charge is 0.493 e. The number of nitrogens with zero attached hydrogens (tertiary/aromatic N) is 1. The Morgan fingerprint density at radius 3 is 2.38 bits per heavy atom. The zero-order valence-electron chi connectivity index (χ0n) is 22.0. The number of benzene rings is 2. The number of rotatable bonds is 10. The van der Waals surface area contributed by atoms with Crippen LogP contribution in [0, 0.1) is 5.41 Å². The average molecular weight is 560 g/mol. The van der Waals surface area contributed by atoms with Gasteiger partial charge in [-0.2, -0.15) is 0 Å². The summed E-state index contributed by atoms with van der Waals surface area (Å²) in [5, 5.41) is 23.1. The van der Waals surface area contributed by atoms with Crippen LogP contribution in [0.4, 0.5) is 13.2 Å². The lowest BCUT2D eigenvalue weighted by atomic mass is 9.59. The van der Waals surface area contributed by atoms with E-state index in [1.54, 1.807) is 30.3 Å². The lowest BCUT2D eigenvalue weighted by Gasteiger charge is -2.52. The van der Waals surface area contributed by atoms with E-state index >= 15 is 0 Å². The van der Waals surface area contributed by atoms with Gasteiger partial charge in [0, 0.05) is 28.0 Å². The maximum Gasteiger partial charge on any atom is 0.573 e. The van der Waals surface area contributed by atoms with Crippen LogP contribution in [0.5, 0.6) is 11.5 Å². The second-order valence-corrected chi connectivity index (χ2v) is 11.4. The molecule has 0 atom stereocenters. The minimum Gasteiger partial charge on any atom is -0.493 e. The third-order valence-electron chi connectivity index (χ3n) is 8.69. The second-order valence-electron chi connectivity index (χ2n) is 11.4. The highest BCUT2D eigenvalue weighted by atomic mass is 19.4. The van der Waals surface area contributed by atoms with Crippen molar-refractivity contribution in [1.29, 1.82) is 0 Å². The maximum absolute atomic E-state index is 13.1. The zero-order valence-corrected chi connectivity index (χ0v) is 22.0. The number of hydrogen-bond acceptors (Lipinski definition) is 7. The largest absolute Gasteiger partial charge is 0.573 e. The Labute approximate surface area is 229 Å². The third kappa shape index (κ3) is 5.70. The summed E-state index contributed by atoms with van der Waals surface area (Å²) in [6.07, 6.45) is 0.929. The standard InChI is InChI=1S/C30H32F3NO6/c31-30(32,33)39-24-7-2-1-6-22(24)25-23(26(40-34-25)19-8-9-19)17-38-29-13-10-28(11-14-29,12-15-29)18-37-21-5-3-4-20(16-21)27(35)36/h1-7,16,19,27,35-36H,8-15,17-18H2. The molecular formula is C30H32F3NO6. The summed E-state index contributed by atoms with van der Waals surface area (Å²) in [5.41, 5.74) is 1.39. The molecule has 0 aliphatic heterocycles. The van der Waals surface area contributed by atoms with E-state index in [2.05, 4.69) is 9.89 Å². The van der Waals surface area contributed by atoms with E-state index < -0.39 is 12.7 Å². The van der Waals surface area contributed by atoms with Crippen molar-refractivity contribution in [3.63, 3.8) is 0 Å². The van der Waals surface area contributed by atoms with Crippen molar-refractivity contribution in [2.45, 2.75) is 82.1 Å². The predicted octanol–water partition coefficient (Wildman–Crippen LogP) is 6.79. The predicted molar refractivity (Wildman–Crippen MR) is 137 cm³/mol. The molecule has 4 fully saturated rings.